The summed E-state index contributed by atoms with van der Waals surface area (Å²) in [5, 5.41) is 28.1. The maximum absolute atomic E-state index is 11.6. The van der Waals surface area contributed by atoms with Crippen LogP contribution in [-0.4, -0.2) is 10.2 Å². The van der Waals surface area contributed by atoms with Gasteiger partial charge in [0.05, 0.1) is 0 Å². The molecular formula is C44H52O2. The van der Waals surface area contributed by atoms with E-state index in [1.807, 2.05) is 26.8 Å². The molecule has 0 heterocycles. The Morgan fingerprint density at radius 2 is 1.41 bits per heavy atom. The number of hydrogen-bond acceptors (Lipinski definition) is 2. The second-order valence-electron chi connectivity index (χ2n) is 16.1. The largest absolute Gasteiger partial charge is 0.362 e. The third-order valence-electron chi connectivity index (χ3n) is 12.4. The second-order valence-corrected chi connectivity index (χ2v) is 16.1. The van der Waals surface area contributed by atoms with E-state index in [9.17, 15) is 10.2 Å². The predicted octanol–water partition coefficient (Wildman–Crippen LogP) is 11.2. The van der Waals surface area contributed by atoms with Crippen LogP contribution in [0.2, 0.25) is 0 Å². The minimum Gasteiger partial charge on any atom is -0.362 e. The highest BCUT2D eigenvalue weighted by Crippen LogP contribution is 2.65. The van der Waals surface area contributed by atoms with E-state index in [-0.39, 0.29) is 10.8 Å². The van der Waals surface area contributed by atoms with Gasteiger partial charge in [0, 0.05) is 21.8 Å². The van der Waals surface area contributed by atoms with Crippen molar-refractivity contribution in [3.05, 3.63) is 106 Å². The minimum absolute atomic E-state index is 0.251. The molecule has 0 saturated heterocycles. The van der Waals surface area contributed by atoms with Gasteiger partial charge in [0.15, 0.2) is 5.79 Å². The highest BCUT2D eigenvalue weighted by molar-refractivity contribution is 6.12. The molecule has 4 aromatic carbocycles. The van der Waals surface area contributed by atoms with E-state index in [0.29, 0.717) is 17.4 Å². The summed E-state index contributed by atoms with van der Waals surface area (Å²) in [5.74, 6) is -0.867. The molecule has 2 nitrogen and oxygen atoms in total. The molecule has 0 aromatic heterocycles. The maximum atomic E-state index is 11.6. The van der Waals surface area contributed by atoms with Gasteiger partial charge in [-0.05, 0) is 123 Å². The van der Waals surface area contributed by atoms with Crippen molar-refractivity contribution in [2.75, 3.05) is 0 Å². The van der Waals surface area contributed by atoms with Gasteiger partial charge in [-0.1, -0.05) is 116 Å². The lowest BCUT2D eigenvalue weighted by molar-refractivity contribution is -0.237. The topological polar surface area (TPSA) is 40.5 Å². The Morgan fingerprint density at radius 3 is 2.07 bits per heavy atom. The van der Waals surface area contributed by atoms with Crippen molar-refractivity contribution in [1.29, 1.82) is 0 Å². The molecule has 7 rings (SSSR count). The molecule has 0 saturated carbocycles. The summed E-state index contributed by atoms with van der Waals surface area (Å²) in [6.07, 6.45) is 10.9. The van der Waals surface area contributed by atoms with E-state index in [1.165, 1.54) is 55.1 Å². The summed E-state index contributed by atoms with van der Waals surface area (Å²) >= 11 is 0. The van der Waals surface area contributed by atoms with E-state index in [2.05, 4.69) is 102 Å². The van der Waals surface area contributed by atoms with Gasteiger partial charge in [0.1, 0.15) is 0 Å². The lowest BCUT2D eigenvalue weighted by Crippen LogP contribution is -2.40. The molecule has 0 amide bonds. The van der Waals surface area contributed by atoms with Crippen molar-refractivity contribution in [2.24, 2.45) is 17.3 Å². The van der Waals surface area contributed by atoms with Crippen LogP contribution in [0.15, 0.2) is 77.9 Å². The molecule has 1 spiro atoms. The first-order valence-corrected chi connectivity index (χ1v) is 17.8. The first-order chi connectivity index (χ1) is 21.7. The third-order valence-corrected chi connectivity index (χ3v) is 12.4. The van der Waals surface area contributed by atoms with Crippen LogP contribution < -0.4 is 0 Å². The smallest absolute Gasteiger partial charge is 0.194 e. The first-order valence-electron chi connectivity index (χ1n) is 17.8. The normalized spacial score (nSPS) is 19.9. The first kappa shape index (κ1) is 31.4. The van der Waals surface area contributed by atoms with E-state index in [1.54, 1.807) is 5.57 Å². The van der Waals surface area contributed by atoms with Crippen LogP contribution in [0.25, 0.3) is 32.7 Å². The van der Waals surface area contributed by atoms with Gasteiger partial charge < -0.3 is 10.2 Å². The molecule has 0 radical (unpaired) electrons. The Balaban J connectivity index is 1.65. The van der Waals surface area contributed by atoms with Gasteiger partial charge in [-0.3, -0.25) is 0 Å². The summed E-state index contributed by atoms with van der Waals surface area (Å²) in [4.78, 5) is 0. The number of fused-ring (bicyclic) bond motifs is 4. The third kappa shape index (κ3) is 4.08. The number of allylic oxidation sites excluding steroid dienone is 4. The van der Waals surface area contributed by atoms with Gasteiger partial charge >= 0.3 is 0 Å². The molecule has 4 aromatic rings. The Kier molecular flexibility index (Phi) is 7.10. The Morgan fingerprint density at radius 1 is 0.739 bits per heavy atom. The fourth-order valence-electron chi connectivity index (χ4n) is 9.44. The molecule has 0 bridgehead atoms. The van der Waals surface area contributed by atoms with Gasteiger partial charge in [-0.15, -0.1) is 0 Å². The Labute approximate surface area is 276 Å². The van der Waals surface area contributed by atoms with Gasteiger partial charge in [0.25, 0.3) is 0 Å². The highest BCUT2D eigenvalue weighted by Gasteiger charge is 2.51. The molecule has 0 aliphatic heterocycles. The standard InChI is InChI=1S/C44H52O2/c1-10-26(11-2)30-20-31(27(12-3)13-4)25-43(24-30)34-19-18-29-21-32(44(45,46)41(5,6)7)23-36-37(29)38(34)39-35(42(36,8)9)22-28-16-14-15-17-33(28)40(39)43/h14-24,26-27,45-46H,10-13,25H2,1-9H3. The van der Waals surface area contributed by atoms with Crippen LogP contribution in [-0.2, 0) is 16.6 Å². The van der Waals surface area contributed by atoms with E-state index >= 15 is 0 Å². The van der Waals surface area contributed by atoms with Crippen molar-refractivity contribution >= 4 is 21.5 Å². The molecule has 1 unspecified atom stereocenters. The Bertz CT molecular complexity index is 1950. The van der Waals surface area contributed by atoms with Crippen LogP contribution in [0.4, 0.5) is 0 Å². The van der Waals surface area contributed by atoms with E-state index < -0.39 is 11.2 Å². The molecule has 46 heavy (non-hydrogen) atoms. The van der Waals surface area contributed by atoms with Crippen LogP contribution in [0.3, 0.4) is 0 Å². The van der Waals surface area contributed by atoms with E-state index in [4.69, 9.17) is 0 Å². The number of hydrogen-bond donors (Lipinski definition) is 2. The molecule has 2 N–H and O–H groups in total. The Hall–Kier alpha value is -3.20. The van der Waals surface area contributed by atoms with Crippen molar-refractivity contribution in [3.63, 3.8) is 0 Å². The van der Waals surface area contributed by atoms with Crippen molar-refractivity contribution in [2.45, 2.75) is 111 Å². The average molecular weight is 613 g/mol. The molecule has 240 valence electrons. The summed E-state index contributed by atoms with van der Waals surface area (Å²) in [6, 6.07) is 20.3. The van der Waals surface area contributed by atoms with Gasteiger partial charge in [-0.2, -0.15) is 0 Å². The summed E-state index contributed by atoms with van der Waals surface area (Å²) in [5.41, 5.74) is 10.6. The lowest BCUT2D eigenvalue weighted by atomic mass is 9.64. The summed E-state index contributed by atoms with van der Waals surface area (Å²) in [7, 11) is 0. The zero-order chi connectivity index (χ0) is 33.0. The maximum Gasteiger partial charge on any atom is 0.194 e. The monoisotopic (exact) mass is 612 g/mol. The second kappa shape index (κ2) is 10.4. The van der Waals surface area contributed by atoms with Crippen molar-refractivity contribution in [3.8, 4) is 11.1 Å². The molecule has 3 aliphatic carbocycles. The fraction of sp³-hybridized carbons (Fsp3) is 0.455. The minimum atomic E-state index is -1.96. The van der Waals surface area contributed by atoms with Crippen molar-refractivity contribution in [1.82, 2.24) is 0 Å². The van der Waals surface area contributed by atoms with Gasteiger partial charge in [-0.25, -0.2) is 0 Å². The molecule has 1 atom stereocenters. The number of aliphatic hydroxyl groups is 2. The fourth-order valence-corrected chi connectivity index (χ4v) is 9.44. The van der Waals surface area contributed by atoms with Crippen LogP contribution >= 0.6 is 0 Å². The van der Waals surface area contributed by atoms with Gasteiger partial charge in [0.2, 0.25) is 0 Å². The van der Waals surface area contributed by atoms with E-state index in [0.717, 1.165) is 37.5 Å². The SMILES string of the molecule is CCC(CC)C1=CC2(CC(C(CC)CC)=C1)c1ccc3cc(C(O)(O)C(C)(C)C)cc4c3c1-c1c(cc3ccccc3c12)C4(C)C. The summed E-state index contributed by atoms with van der Waals surface area (Å²) < 4.78 is 0. The van der Waals surface area contributed by atoms with Crippen LogP contribution in [0, 0.1) is 17.3 Å². The lowest BCUT2D eigenvalue weighted by Gasteiger charge is -2.39. The van der Waals surface area contributed by atoms with Crippen LogP contribution in [0.5, 0.6) is 0 Å². The zero-order valence-corrected chi connectivity index (χ0v) is 29.4. The van der Waals surface area contributed by atoms with Crippen LogP contribution in [0.1, 0.15) is 122 Å². The van der Waals surface area contributed by atoms with Crippen molar-refractivity contribution < 1.29 is 10.2 Å². The number of rotatable bonds is 7. The predicted molar refractivity (Wildman–Crippen MR) is 194 cm³/mol. The molecular weight excluding hydrogens is 560 g/mol. The quantitative estimate of drug-likeness (QED) is 0.204. The highest BCUT2D eigenvalue weighted by atomic mass is 16.5. The molecule has 2 heteroatoms. The molecule has 0 fully saturated rings. The average Bonchev–Trinajstić information content (AvgIpc) is 3.29. The summed E-state index contributed by atoms with van der Waals surface area (Å²) in [6.45, 7) is 19.8. The zero-order valence-electron chi connectivity index (χ0n) is 29.4. The number of benzene rings is 4. The molecule has 3 aliphatic rings.